The molecule has 0 unspecified atom stereocenters. The van der Waals surface area contributed by atoms with Gasteiger partial charge in [-0.15, -0.1) is 11.8 Å². The first kappa shape index (κ1) is 15.1. The van der Waals surface area contributed by atoms with Gasteiger partial charge in [0.05, 0.1) is 10.2 Å². The van der Waals surface area contributed by atoms with Gasteiger partial charge in [0, 0.05) is 17.5 Å². The molecule has 5 heteroatoms. The Morgan fingerprint density at radius 1 is 1.23 bits per heavy atom. The topological polar surface area (TPSA) is 34.4 Å². The molecule has 0 fully saturated rings. The first-order valence-electron chi connectivity index (χ1n) is 6.88. The SMILES string of the molecule is CSc1cccc(C(=O)N=c2sc3cc(C)ccc3n2C)c1. The maximum Gasteiger partial charge on any atom is 0.279 e. The van der Waals surface area contributed by atoms with E-state index in [-0.39, 0.29) is 5.91 Å². The Labute approximate surface area is 137 Å². The predicted octanol–water partition coefficient (Wildman–Crippen LogP) is 4.01. The Balaban J connectivity index is 2.07. The molecule has 1 aromatic heterocycles. The molecule has 0 aliphatic heterocycles. The van der Waals surface area contributed by atoms with Gasteiger partial charge in [0.1, 0.15) is 0 Å². The summed E-state index contributed by atoms with van der Waals surface area (Å²) in [6.07, 6.45) is 2.00. The van der Waals surface area contributed by atoms with Crippen LogP contribution in [0.25, 0.3) is 10.2 Å². The Bertz CT molecular complexity index is 922. The maximum atomic E-state index is 12.4. The minimum absolute atomic E-state index is 0.199. The lowest BCUT2D eigenvalue weighted by Crippen LogP contribution is -2.13. The van der Waals surface area contributed by atoms with Crippen molar-refractivity contribution in [1.82, 2.24) is 4.57 Å². The molecular formula is C17H16N2OS2. The van der Waals surface area contributed by atoms with Crippen LogP contribution in [0.5, 0.6) is 0 Å². The number of hydrogen-bond acceptors (Lipinski definition) is 3. The van der Waals surface area contributed by atoms with Crippen molar-refractivity contribution < 1.29 is 4.79 Å². The summed E-state index contributed by atoms with van der Waals surface area (Å²) in [5.74, 6) is -0.199. The Morgan fingerprint density at radius 3 is 2.82 bits per heavy atom. The van der Waals surface area contributed by atoms with Gasteiger partial charge in [0.25, 0.3) is 5.91 Å². The Hall–Kier alpha value is -1.85. The van der Waals surface area contributed by atoms with Gasteiger partial charge < -0.3 is 4.57 Å². The first-order valence-corrected chi connectivity index (χ1v) is 8.92. The number of nitrogens with zero attached hydrogens (tertiary/aromatic N) is 2. The van der Waals surface area contributed by atoms with Crippen LogP contribution >= 0.6 is 23.1 Å². The number of amides is 1. The van der Waals surface area contributed by atoms with Crippen molar-refractivity contribution in [2.75, 3.05) is 6.26 Å². The molecule has 0 aliphatic carbocycles. The average Bonchev–Trinajstić information content (AvgIpc) is 2.82. The zero-order valence-corrected chi connectivity index (χ0v) is 14.3. The molecule has 0 radical (unpaired) electrons. The van der Waals surface area contributed by atoms with E-state index >= 15 is 0 Å². The number of aryl methyl sites for hydroxylation is 2. The van der Waals surface area contributed by atoms with E-state index in [0.717, 1.165) is 19.9 Å². The molecule has 22 heavy (non-hydrogen) atoms. The third-order valence-electron chi connectivity index (χ3n) is 3.48. The number of rotatable bonds is 2. The third kappa shape index (κ3) is 2.87. The molecule has 0 N–H and O–H groups in total. The fourth-order valence-corrected chi connectivity index (χ4v) is 3.83. The number of carbonyl (C=O) groups excluding carboxylic acids is 1. The summed E-state index contributed by atoms with van der Waals surface area (Å²) in [6, 6.07) is 13.8. The summed E-state index contributed by atoms with van der Waals surface area (Å²) in [4.78, 5) is 18.5. The molecule has 3 nitrogen and oxygen atoms in total. The molecule has 3 rings (SSSR count). The van der Waals surface area contributed by atoms with Crippen molar-refractivity contribution in [2.24, 2.45) is 12.0 Å². The lowest BCUT2D eigenvalue weighted by atomic mass is 10.2. The van der Waals surface area contributed by atoms with Crippen molar-refractivity contribution in [3.8, 4) is 0 Å². The Kier molecular flexibility index (Phi) is 4.18. The zero-order valence-electron chi connectivity index (χ0n) is 12.7. The molecule has 1 amide bonds. The molecule has 112 valence electrons. The van der Waals surface area contributed by atoms with Crippen LogP contribution in [0.1, 0.15) is 15.9 Å². The van der Waals surface area contributed by atoms with E-state index < -0.39 is 0 Å². The van der Waals surface area contributed by atoms with Gasteiger partial charge in [0.15, 0.2) is 4.80 Å². The lowest BCUT2D eigenvalue weighted by Gasteiger charge is -1.99. The molecule has 0 atom stereocenters. The number of aromatic nitrogens is 1. The highest BCUT2D eigenvalue weighted by Crippen LogP contribution is 2.19. The maximum absolute atomic E-state index is 12.4. The van der Waals surface area contributed by atoms with E-state index in [2.05, 4.69) is 30.1 Å². The summed E-state index contributed by atoms with van der Waals surface area (Å²) >= 11 is 3.16. The molecule has 0 bridgehead atoms. The predicted molar refractivity (Wildman–Crippen MR) is 93.6 cm³/mol. The highest BCUT2D eigenvalue weighted by molar-refractivity contribution is 7.98. The second-order valence-electron chi connectivity index (χ2n) is 5.06. The lowest BCUT2D eigenvalue weighted by molar-refractivity contribution is 0.0997. The van der Waals surface area contributed by atoms with Crippen LogP contribution in [-0.2, 0) is 7.05 Å². The fourth-order valence-electron chi connectivity index (χ4n) is 2.26. The average molecular weight is 328 g/mol. The van der Waals surface area contributed by atoms with Gasteiger partial charge >= 0.3 is 0 Å². The molecule has 0 spiro atoms. The summed E-state index contributed by atoms with van der Waals surface area (Å²) in [6.45, 7) is 2.06. The van der Waals surface area contributed by atoms with Crippen LogP contribution in [0.3, 0.4) is 0 Å². The van der Waals surface area contributed by atoms with E-state index in [0.29, 0.717) is 5.56 Å². The van der Waals surface area contributed by atoms with E-state index in [1.807, 2.05) is 42.1 Å². The van der Waals surface area contributed by atoms with Gasteiger partial charge in [-0.3, -0.25) is 4.79 Å². The van der Waals surface area contributed by atoms with Crippen molar-refractivity contribution in [2.45, 2.75) is 11.8 Å². The quantitative estimate of drug-likeness (QED) is 0.666. The summed E-state index contributed by atoms with van der Waals surface area (Å²) in [7, 11) is 1.94. The van der Waals surface area contributed by atoms with Crippen molar-refractivity contribution in [3.05, 3.63) is 58.4 Å². The summed E-state index contributed by atoms with van der Waals surface area (Å²) in [5, 5.41) is 0. The number of carbonyl (C=O) groups is 1. The monoisotopic (exact) mass is 328 g/mol. The molecule has 0 aliphatic rings. The number of thiazole rings is 1. The Morgan fingerprint density at radius 2 is 2.05 bits per heavy atom. The van der Waals surface area contributed by atoms with E-state index in [1.165, 1.54) is 5.56 Å². The highest BCUT2D eigenvalue weighted by Gasteiger charge is 2.08. The van der Waals surface area contributed by atoms with Gasteiger partial charge in [-0.25, -0.2) is 0 Å². The van der Waals surface area contributed by atoms with Crippen LogP contribution in [-0.4, -0.2) is 16.7 Å². The van der Waals surface area contributed by atoms with Crippen molar-refractivity contribution in [1.29, 1.82) is 0 Å². The molecule has 2 aromatic carbocycles. The smallest absolute Gasteiger partial charge is 0.279 e. The number of benzene rings is 2. The molecule has 0 saturated heterocycles. The van der Waals surface area contributed by atoms with Crippen LogP contribution in [0.4, 0.5) is 0 Å². The number of thioether (sulfide) groups is 1. The van der Waals surface area contributed by atoms with Gasteiger partial charge in [-0.1, -0.05) is 23.5 Å². The third-order valence-corrected chi connectivity index (χ3v) is 5.30. The minimum atomic E-state index is -0.199. The summed E-state index contributed by atoms with van der Waals surface area (Å²) in [5.41, 5.74) is 2.93. The van der Waals surface area contributed by atoms with Gasteiger partial charge in [-0.05, 0) is 49.1 Å². The normalized spacial score (nSPS) is 12.0. The van der Waals surface area contributed by atoms with Crippen molar-refractivity contribution in [3.63, 3.8) is 0 Å². The zero-order chi connectivity index (χ0) is 15.7. The van der Waals surface area contributed by atoms with E-state index in [1.54, 1.807) is 23.1 Å². The molecule has 3 aromatic rings. The van der Waals surface area contributed by atoms with Crippen molar-refractivity contribution >= 4 is 39.2 Å². The van der Waals surface area contributed by atoms with Crippen LogP contribution in [0.2, 0.25) is 0 Å². The second-order valence-corrected chi connectivity index (χ2v) is 6.95. The second kappa shape index (κ2) is 6.10. The number of hydrogen-bond donors (Lipinski definition) is 0. The summed E-state index contributed by atoms with van der Waals surface area (Å²) < 4.78 is 3.11. The van der Waals surface area contributed by atoms with Crippen LogP contribution in [0.15, 0.2) is 52.4 Å². The molecule has 1 heterocycles. The largest absolute Gasteiger partial charge is 0.319 e. The van der Waals surface area contributed by atoms with Gasteiger partial charge in [0.2, 0.25) is 0 Å². The highest BCUT2D eigenvalue weighted by atomic mass is 32.2. The fraction of sp³-hybridized carbons (Fsp3) is 0.176. The van der Waals surface area contributed by atoms with E-state index in [4.69, 9.17) is 0 Å². The standard InChI is InChI=1S/C17H16N2OS2/c1-11-7-8-14-15(9-11)22-17(19(14)2)18-16(20)12-5-4-6-13(10-12)21-3/h4-10H,1-3H3. The van der Waals surface area contributed by atoms with E-state index in [9.17, 15) is 4.79 Å². The van der Waals surface area contributed by atoms with Crippen LogP contribution in [0, 0.1) is 6.92 Å². The number of fused-ring (bicyclic) bond motifs is 1. The van der Waals surface area contributed by atoms with Gasteiger partial charge in [-0.2, -0.15) is 4.99 Å². The van der Waals surface area contributed by atoms with Crippen LogP contribution < -0.4 is 4.80 Å². The first-order chi connectivity index (χ1) is 10.6. The molecule has 0 saturated carbocycles. The minimum Gasteiger partial charge on any atom is -0.319 e. The molecular weight excluding hydrogens is 312 g/mol.